The van der Waals surface area contributed by atoms with Gasteiger partial charge in [-0.1, -0.05) is 17.7 Å². The maximum Gasteiger partial charge on any atom is 0.313 e. The molecule has 5 nitrogen and oxygen atoms in total. The molecular formula is C19H20ClNO4S2. The molecule has 8 heteroatoms. The van der Waals surface area contributed by atoms with Crippen LogP contribution in [0.15, 0.2) is 46.3 Å². The topological polar surface area (TPSA) is 72.5 Å². The molecule has 0 saturated heterocycles. The number of esters is 1. The van der Waals surface area contributed by atoms with Gasteiger partial charge in [-0.05, 0) is 68.5 Å². The lowest BCUT2D eigenvalue weighted by Gasteiger charge is -2.18. The van der Waals surface area contributed by atoms with Crippen LogP contribution >= 0.6 is 22.9 Å². The number of hydrogen-bond donors (Lipinski definition) is 1. The number of nitrogens with one attached hydrogen (secondary N) is 1. The Balaban J connectivity index is 1.88. The van der Waals surface area contributed by atoms with Crippen LogP contribution in [0, 0.1) is 12.8 Å². The maximum absolute atomic E-state index is 12.9. The van der Waals surface area contributed by atoms with Crippen LogP contribution in [0.3, 0.4) is 0 Å². The molecule has 144 valence electrons. The molecule has 1 aliphatic carbocycles. The summed E-state index contributed by atoms with van der Waals surface area (Å²) in [7, 11) is -3.78. The highest BCUT2D eigenvalue weighted by molar-refractivity contribution is 7.92. The molecule has 0 spiro atoms. The Kier molecular flexibility index (Phi) is 5.65. The highest BCUT2D eigenvalue weighted by Gasteiger charge is 2.25. The average molecular weight is 426 g/mol. The van der Waals surface area contributed by atoms with E-state index in [2.05, 4.69) is 4.72 Å². The van der Waals surface area contributed by atoms with Gasteiger partial charge < -0.3 is 4.74 Å². The molecule has 0 amide bonds. The van der Waals surface area contributed by atoms with Crippen LogP contribution in [0.5, 0.6) is 0 Å². The van der Waals surface area contributed by atoms with Gasteiger partial charge >= 0.3 is 5.97 Å². The van der Waals surface area contributed by atoms with E-state index in [1.54, 1.807) is 51.1 Å². The first-order chi connectivity index (χ1) is 12.7. The van der Waals surface area contributed by atoms with Gasteiger partial charge in [0.15, 0.2) is 0 Å². The maximum atomic E-state index is 12.9. The summed E-state index contributed by atoms with van der Waals surface area (Å²) in [6.45, 7) is 5.32. The second-order valence-electron chi connectivity index (χ2n) is 6.61. The molecule has 1 unspecified atom stereocenters. The summed E-state index contributed by atoms with van der Waals surface area (Å²) < 4.78 is 34.7. The zero-order valence-corrected chi connectivity index (χ0v) is 17.5. The lowest BCUT2D eigenvalue weighted by atomic mass is 10.00. The molecular weight excluding hydrogens is 406 g/mol. The molecule has 1 N–H and O–H groups in total. The number of carbonyl (C=O) groups is 1. The number of ether oxygens (including phenoxy) is 1. The predicted molar refractivity (Wildman–Crippen MR) is 108 cm³/mol. The number of sulfonamides is 1. The van der Waals surface area contributed by atoms with Gasteiger partial charge in [0, 0.05) is 15.4 Å². The van der Waals surface area contributed by atoms with Gasteiger partial charge in [-0.25, -0.2) is 8.42 Å². The molecule has 27 heavy (non-hydrogen) atoms. The summed E-state index contributed by atoms with van der Waals surface area (Å²) in [4.78, 5) is 12.1. The van der Waals surface area contributed by atoms with Crippen LogP contribution in [-0.2, 0) is 19.6 Å². The lowest BCUT2D eigenvalue weighted by Crippen LogP contribution is -2.26. The fourth-order valence-corrected chi connectivity index (χ4v) is 5.84. The smallest absolute Gasteiger partial charge is 0.313 e. The Hall–Kier alpha value is -1.83. The number of fused-ring (bicyclic) bond motifs is 1. The Labute approximate surface area is 167 Å². The Morgan fingerprint density at radius 3 is 2.81 bits per heavy atom. The van der Waals surface area contributed by atoms with Gasteiger partial charge in [-0.3, -0.25) is 9.52 Å². The summed E-state index contributed by atoms with van der Waals surface area (Å²) in [5.41, 5.74) is 1.02. The number of aryl methyl sites for hydroxylation is 1. The van der Waals surface area contributed by atoms with Crippen LogP contribution in [0.2, 0.25) is 5.02 Å². The Morgan fingerprint density at radius 2 is 2.11 bits per heavy atom. The Bertz CT molecular complexity index is 1050. The van der Waals surface area contributed by atoms with Gasteiger partial charge in [0.1, 0.15) is 4.21 Å². The van der Waals surface area contributed by atoms with Crippen molar-refractivity contribution in [3.05, 3.63) is 52.7 Å². The highest BCUT2D eigenvalue weighted by Crippen LogP contribution is 2.35. The SMILES string of the molecule is Cc1c(S(=O)(=O)NC2=CC(C(=O)OC(C)C)CC=C2)sc2ccc(Cl)cc12. The van der Waals surface area contributed by atoms with Crippen molar-refractivity contribution in [2.75, 3.05) is 0 Å². The minimum Gasteiger partial charge on any atom is -0.463 e. The number of carbonyl (C=O) groups excluding carboxylic acids is 1. The first-order valence-corrected chi connectivity index (χ1v) is 11.2. The van der Waals surface area contributed by atoms with Crippen molar-refractivity contribution >= 4 is 49.0 Å². The standard InChI is InChI=1S/C19H20ClNO4S2/c1-11(2)25-18(22)13-5-4-6-15(9-13)21-27(23,24)19-12(3)16-10-14(20)7-8-17(16)26-19/h4,6-11,13,21H,5H2,1-3H3. The van der Waals surface area contributed by atoms with E-state index in [1.165, 1.54) is 11.3 Å². The van der Waals surface area contributed by atoms with E-state index in [0.717, 1.165) is 10.1 Å². The third-order valence-corrected chi connectivity index (χ3v) is 7.58. The second-order valence-corrected chi connectivity index (χ2v) is 9.98. The molecule has 1 aliphatic rings. The van der Waals surface area contributed by atoms with E-state index in [0.29, 0.717) is 22.7 Å². The minimum absolute atomic E-state index is 0.218. The molecule has 0 radical (unpaired) electrons. The first kappa shape index (κ1) is 19.9. The summed E-state index contributed by atoms with van der Waals surface area (Å²) in [6.07, 6.45) is 5.29. The predicted octanol–water partition coefficient (Wildman–Crippen LogP) is 4.55. The van der Waals surface area contributed by atoms with E-state index in [1.807, 2.05) is 6.07 Å². The summed E-state index contributed by atoms with van der Waals surface area (Å²) in [5.74, 6) is -0.865. The van der Waals surface area contributed by atoms with Crippen molar-refractivity contribution in [3.63, 3.8) is 0 Å². The number of allylic oxidation sites excluding steroid dienone is 2. The largest absolute Gasteiger partial charge is 0.463 e. The monoisotopic (exact) mass is 425 g/mol. The van der Waals surface area contributed by atoms with Crippen molar-refractivity contribution in [1.82, 2.24) is 4.72 Å². The first-order valence-electron chi connectivity index (χ1n) is 8.47. The average Bonchev–Trinajstić information content (AvgIpc) is 2.91. The fraction of sp³-hybridized carbons (Fsp3) is 0.316. The van der Waals surface area contributed by atoms with E-state index < -0.39 is 15.9 Å². The van der Waals surface area contributed by atoms with Crippen LogP contribution in [-0.4, -0.2) is 20.5 Å². The third-order valence-electron chi connectivity index (χ3n) is 4.07. The summed E-state index contributed by atoms with van der Waals surface area (Å²) in [6, 6.07) is 5.31. The van der Waals surface area contributed by atoms with Crippen LogP contribution in [0.4, 0.5) is 0 Å². The number of hydrogen-bond acceptors (Lipinski definition) is 5. The van der Waals surface area contributed by atoms with Crippen molar-refractivity contribution in [1.29, 1.82) is 0 Å². The molecule has 1 atom stereocenters. The van der Waals surface area contributed by atoms with Crippen LogP contribution in [0.25, 0.3) is 10.1 Å². The fourth-order valence-electron chi connectivity index (χ4n) is 2.86. The van der Waals surface area contributed by atoms with Crippen molar-refractivity contribution in [3.8, 4) is 0 Å². The molecule has 0 bridgehead atoms. The molecule has 2 aromatic rings. The molecule has 0 aliphatic heterocycles. The van der Waals surface area contributed by atoms with Crippen molar-refractivity contribution < 1.29 is 17.9 Å². The highest BCUT2D eigenvalue weighted by atomic mass is 35.5. The zero-order chi connectivity index (χ0) is 19.8. The molecule has 0 fully saturated rings. The van der Waals surface area contributed by atoms with Crippen LogP contribution < -0.4 is 4.72 Å². The molecule has 1 aromatic heterocycles. The van der Waals surface area contributed by atoms with E-state index in [9.17, 15) is 13.2 Å². The minimum atomic E-state index is -3.78. The van der Waals surface area contributed by atoms with E-state index in [-0.39, 0.29) is 16.3 Å². The molecule has 3 rings (SSSR count). The van der Waals surface area contributed by atoms with Crippen LogP contribution in [0.1, 0.15) is 25.8 Å². The van der Waals surface area contributed by atoms with E-state index in [4.69, 9.17) is 16.3 Å². The number of halogens is 1. The normalized spacial score (nSPS) is 17.2. The van der Waals surface area contributed by atoms with Crippen molar-refractivity contribution in [2.45, 2.75) is 37.5 Å². The van der Waals surface area contributed by atoms with Gasteiger partial charge in [0.05, 0.1) is 12.0 Å². The number of rotatable bonds is 5. The van der Waals surface area contributed by atoms with Gasteiger partial charge in [0.2, 0.25) is 0 Å². The number of benzene rings is 1. The number of thiophene rings is 1. The molecule has 1 aromatic carbocycles. The van der Waals surface area contributed by atoms with E-state index >= 15 is 0 Å². The van der Waals surface area contributed by atoms with Gasteiger partial charge in [-0.2, -0.15) is 0 Å². The summed E-state index contributed by atoms with van der Waals surface area (Å²) in [5, 5.41) is 1.38. The Morgan fingerprint density at radius 1 is 1.37 bits per heavy atom. The zero-order valence-electron chi connectivity index (χ0n) is 15.2. The lowest BCUT2D eigenvalue weighted by molar-refractivity contribution is -0.150. The summed E-state index contributed by atoms with van der Waals surface area (Å²) >= 11 is 7.22. The van der Waals surface area contributed by atoms with Gasteiger partial charge in [0.25, 0.3) is 10.0 Å². The molecule has 1 heterocycles. The quantitative estimate of drug-likeness (QED) is 0.713. The second kappa shape index (κ2) is 7.66. The molecule has 0 saturated carbocycles. The van der Waals surface area contributed by atoms with Crippen molar-refractivity contribution in [2.24, 2.45) is 5.92 Å². The third kappa shape index (κ3) is 4.36. The van der Waals surface area contributed by atoms with Gasteiger partial charge in [-0.15, -0.1) is 11.3 Å².